The van der Waals surface area contributed by atoms with Crippen molar-refractivity contribution in [3.8, 4) is 0 Å². The van der Waals surface area contributed by atoms with Gasteiger partial charge >= 0.3 is 51.4 Å². The Bertz CT molecular complexity index is 4030. The Kier molecular flexibility index (Phi) is 31.4. The minimum Gasteiger partial charge on any atom is -0.430 e. The molecular formula is C84H106O9Si12. The maximum atomic E-state index is 7.54. The summed E-state index contributed by atoms with van der Waals surface area (Å²) in [6.07, 6.45) is 0. The Morgan fingerprint density at radius 3 is 0.610 bits per heavy atom. The zero-order valence-electron chi connectivity index (χ0n) is 62.8. The summed E-state index contributed by atoms with van der Waals surface area (Å²) < 4.78 is 63.9. The highest BCUT2D eigenvalue weighted by Crippen LogP contribution is 2.31. The summed E-state index contributed by atoms with van der Waals surface area (Å²) in [5, 5.41) is 8.15. The number of benzene rings is 8. The maximum Gasteiger partial charge on any atom is 0.388 e. The molecule has 0 amide bonds. The zero-order chi connectivity index (χ0) is 77.2. The average molecular weight is 1600 g/mol. The van der Waals surface area contributed by atoms with Crippen LogP contribution < -0.4 is 41.5 Å². The molecule has 0 saturated heterocycles. The van der Waals surface area contributed by atoms with Crippen molar-refractivity contribution in [1.29, 1.82) is 0 Å². The van der Waals surface area contributed by atoms with Crippen LogP contribution in [-0.4, -0.2) is 101 Å². The van der Waals surface area contributed by atoms with Crippen molar-refractivity contribution < 1.29 is 37.0 Å². The van der Waals surface area contributed by atoms with Gasteiger partial charge in [0.15, 0.2) is 0 Å². The van der Waals surface area contributed by atoms with Crippen LogP contribution in [0.4, 0.5) is 0 Å². The molecule has 0 fully saturated rings. The van der Waals surface area contributed by atoms with Gasteiger partial charge in [0.1, 0.15) is 0 Å². The van der Waals surface area contributed by atoms with Gasteiger partial charge in [0.2, 0.25) is 16.6 Å². The lowest BCUT2D eigenvalue weighted by Gasteiger charge is -2.44. The molecule has 105 heavy (non-hydrogen) atoms. The van der Waals surface area contributed by atoms with Crippen molar-refractivity contribution in [3.05, 3.63) is 415 Å². The van der Waals surface area contributed by atoms with Crippen molar-refractivity contribution in [3.63, 3.8) is 0 Å². The highest BCUT2D eigenvalue weighted by atomic mass is 28.5. The van der Waals surface area contributed by atoms with Gasteiger partial charge in [0.05, 0.1) is 0 Å². The SMILES string of the molecule is C=C[Si](C)(C=C)O[Si](C)(C)O[Si](O[Si](C)(C=C)C=C)(c1ccccc1)c1ccccc1.C=C[Si](C=C)(C=C)O[Si](C)(C)O[Si](O[Si](C=C)(C=C)C=C)(c1ccccc1)c1ccccc1.C=C[Si](C=C)(O[Si](C)(C)O[Si](O[Si](C=C)(C=C)c1ccccc1)(c1ccccc1)c1ccccc1)c1ccccc1. The largest absolute Gasteiger partial charge is 0.430 e. The Morgan fingerprint density at radius 1 is 0.181 bits per heavy atom. The van der Waals surface area contributed by atoms with Gasteiger partial charge in [-0.3, -0.25) is 0 Å². The van der Waals surface area contributed by atoms with Gasteiger partial charge in [-0.25, -0.2) is 0 Å². The van der Waals surface area contributed by atoms with Crippen molar-refractivity contribution in [2.45, 2.75) is 52.4 Å². The smallest absolute Gasteiger partial charge is 0.388 e. The number of hydrogen-bond acceptors (Lipinski definition) is 9. The highest BCUT2D eigenvalue weighted by Gasteiger charge is 2.57. The molecule has 8 aromatic carbocycles. The van der Waals surface area contributed by atoms with E-state index in [1.807, 2.05) is 238 Å². The van der Waals surface area contributed by atoms with Crippen molar-refractivity contribution in [2.24, 2.45) is 0 Å². The van der Waals surface area contributed by atoms with Crippen LogP contribution >= 0.6 is 0 Å². The molecule has 9 nitrogen and oxygen atoms in total. The molecule has 0 aromatic heterocycles. The van der Waals surface area contributed by atoms with Gasteiger partial charge in [0.25, 0.3) is 33.3 Å². The fourth-order valence-electron chi connectivity index (χ4n) is 11.9. The molecule has 0 heterocycles. The van der Waals surface area contributed by atoms with Crippen LogP contribution in [-0.2, 0) is 37.0 Å². The zero-order valence-corrected chi connectivity index (χ0v) is 74.8. The molecule has 0 atom stereocenters. The molecule has 8 aromatic rings. The fourth-order valence-corrected chi connectivity index (χ4v) is 60.8. The first-order valence-corrected chi connectivity index (χ1v) is 62.1. The minimum atomic E-state index is -3.46. The Hall–Kier alpha value is -7.64. The maximum absolute atomic E-state index is 7.54. The van der Waals surface area contributed by atoms with Gasteiger partial charge in [-0.1, -0.05) is 322 Å². The molecule has 0 aliphatic carbocycles. The summed E-state index contributed by atoms with van der Waals surface area (Å²) in [7, 11) is -34.3. The van der Waals surface area contributed by atoms with Crippen LogP contribution in [0, 0.1) is 0 Å². The van der Waals surface area contributed by atoms with Gasteiger partial charge in [-0.2, -0.15) is 0 Å². The lowest BCUT2D eigenvalue weighted by molar-refractivity contribution is 0.346. The summed E-state index contributed by atoms with van der Waals surface area (Å²) in [6.45, 7) is 73.6. The van der Waals surface area contributed by atoms with Crippen molar-refractivity contribution in [2.75, 3.05) is 0 Å². The summed E-state index contributed by atoms with van der Waals surface area (Å²) in [5.41, 5.74) is 26.3. The molecule has 0 saturated carbocycles. The second-order valence-corrected chi connectivity index (χ2v) is 67.5. The summed E-state index contributed by atoms with van der Waals surface area (Å²) in [5.74, 6) is 0. The normalized spacial score (nSPS) is 12.5. The van der Waals surface area contributed by atoms with Crippen LogP contribution in [0.1, 0.15) is 0 Å². The fraction of sp³-hybridized carbons (Fsp3) is 0.0952. The van der Waals surface area contributed by atoms with E-state index in [9.17, 15) is 0 Å². The molecule has 21 heteroatoms. The third-order valence-electron chi connectivity index (χ3n) is 17.6. The van der Waals surface area contributed by atoms with Gasteiger partial charge in [-0.05, 0) is 93.9 Å². The van der Waals surface area contributed by atoms with Crippen molar-refractivity contribution in [1.82, 2.24) is 0 Å². The predicted octanol–water partition coefficient (Wildman–Crippen LogP) is 15.9. The molecule has 0 spiro atoms. The average Bonchev–Trinajstić information content (AvgIpc) is 0.749. The molecule has 0 aliphatic heterocycles. The Labute approximate surface area is 641 Å². The van der Waals surface area contributed by atoms with Crippen LogP contribution in [0.2, 0.25) is 52.4 Å². The second-order valence-electron chi connectivity index (χ2n) is 26.4. The Balaban J connectivity index is 0.000000250. The van der Waals surface area contributed by atoms with Gasteiger partial charge in [-0.15, -0.1) is 92.1 Å². The molecule has 0 unspecified atom stereocenters. The topological polar surface area (TPSA) is 83.1 Å². The van der Waals surface area contributed by atoms with Crippen LogP contribution in [0.5, 0.6) is 0 Å². The molecule has 544 valence electrons. The monoisotopic (exact) mass is 1590 g/mol. The summed E-state index contributed by atoms with van der Waals surface area (Å²) in [4.78, 5) is 0. The standard InChI is InChI=1S/C34H38O3Si4.C26H34O3Si4.C24H34O3Si4/c1-7-39(8-2,31-23-15-11-16-24-31)35-38(5,6)36-41(33-27-19-13-20-28-33,34-29-21-14-22-30-34)37-40(9-3,10-4)32-25-17-12-18-26-32;1-9-31(10-2,11-3)27-30(7,8)28-33(25-21-17-15-18-22-25,26-23-19-16-20-24-26)29-32(12-4,13-5)14-6;1-9-29(7,10-2)25-28(5,6)26-31(23-19-15-13-16-20-23,24-21-17-14-18-22-24)27-30(8,11-3)12-4/h7-30H,1-4H2,5-6H3;9-24H,1-6H2,7-8H3;9-22H,1-4H2,5-8H3. The molecule has 8 rings (SSSR count). The Morgan fingerprint density at radius 2 is 0.371 bits per heavy atom. The molecule has 0 bridgehead atoms. The molecule has 0 radical (unpaired) electrons. The first kappa shape index (κ1) is 86.3. The molecular weight excluding hydrogens is 1490 g/mol. The molecule has 0 N–H and O–H groups in total. The van der Waals surface area contributed by atoms with Gasteiger partial charge in [0, 0.05) is 0 Å². The van der Waals surface area contributed by atoms with E-state index in [4.69, 9.17) is 37.0 Å². The summed E-state index contributed by atoms with van der Waals surface area (Å²) >= 11 is 0. The third-order valence-corrected chi connectivity index (χ3v) is 63.9. The minimum absolute atomic E-state index is 0.978. The number of hydrogen-bond donors (Lipinski definition) is 0. The highest BCUT2D eigenvalue weighted by molar-refractivity contribution is 7.09. The first-order chi connectivity index (χ1) is 50.1. The number of rotatable bonds is 40. The van der Waals surface area contributed by atoms with Gasteiger partial charge < -0.3 is 37.0 Å². The second kappa shape index (κ2) is 38.2. The van der Waals surface area contributed by atoms with E-state index in [-0.39, 0.29) is 0 Å². The van der Waals surface area contributed by atoms with E-state index >= 15 is 0 Å². The van der Waals surface area contributed by atoms with E-state index < -0.39 is 101 Å². The molecule has 0 aliphatic rings. The predicted molar refractivity (Wildman–Crippen MR) is 477 cm³/mol. The lowest BCUT2D eigenvalue weighted by Crippen LogP contribution is -2.73. The van der Waals surface area contributed by atoms with Crippen LogP contribution in [0.3, 0.4) is 0 Å². The van der Waals surface area contributed by atoms with E-state index in [0.717, 1.165) is 41.5 Å². The van der Waals surface area contributed by atoms with E-state index in [1.54, 1.807) is 0 Å². The van der Waals surface area contributed by atoms with Crippen LogP contribution in [0.25, 0.3) is 0 Å². The first-order valence-electron chi connectivity index (χ1n) is 34.7. The summed E-state index contributed by atoms with van der Waals surface area (Å²) in [6, 6.07) is 81.6. The van der Waals surface area contributed by atoms with E-state index in [0.29, 0.717) is 0 Å². The third kappa shape index (κ3) is 21.4. The van der Waals surface area contributed by atoms with E-state index in [1.165, 1.54) is 0 Å². The quantitative estimate of drug-likeness (QED) is 0.0349. The van der Waals surface area contributed by atoms with E-state index in [2.05, 4.69) is 228 Å². The van der Waals surface area contributed by atoms with Crippen LogP contribution in [0.15, 0.2) is 415 Å². The lowest BCUT2D eigenvalue weighted by atomic mass is 10.4. The van der Waals surface area contributed by atoms with Crippen molar-refractivity contribution >= 4 is 143 Å².